The number of carbonyl (C=O) groups excluding carboxylic acids is 1. The monoisotopic (exact) mass is 312 g/mol. The molecule has 1 saturated heterocycles. The van der Waals surface area contributed by atoms with E-state index < -0.39 is 0 Å². The summed E-state index contributed by atoms with van der Waals surface area (Å²) in [5.74, 6) is 0.892. The first kappa shape index (κ1) is 17.8. The Morgan fingerprint density at radius 1 is 1.48 bits per heavy atom. The lowest BCUT2D eigenvalue weighted by molar-refractivity contribution is -0.121. The molecule has 5 heteroatoms. The SMILES string of the molecule is Cc1cccc(OCCC(=O)NCC[C@H]2CCCN2)c1.Cl. The highest BCUT2D eigenvalue weighted by Gasteiger charge is 2.13. The molecule has 4 nitrogen and oxygen atoms in total. The van der Waals surface area contributed by atoms with Crippen LogP contribution in [-0.2, 0) is 4.79 Å². The van der Waals surface area contributed by atoms with Crippen molar-refractivity contribution in [3.05, 3.63) is 29.8 Å². The number of rotatable bonds is 7. The topological polar surface area (TPSA) is 50.4 Å². The molecule has 1 aliphatic rings. The molecule has 21 heavy (non-hydrogen) atoms. The van der Waals surface area contributed by atoms with Crippen molar-refractivity contribution in [2.45, 2.75) is 38.6 Å². The maximum absolute atomic E-state index is 11.7. The van der Waals surface area contributed by atoms with Crippen LogP contribution in [0.15, 0.2) is 24.3 Å². The summed E-state index contributed by atoms with van der Waals surface area (Å²) in [4.78, 5) is 11.7. The lowest BCUT2D eigenvalue weighted by Gasteiger charge is -2.11. The summed E-state index contributed by atoms with van der Waals surface area (Å²) in [6.45, 7) is 4.32. The minimum atomic E-state index is 0. The number of nitrogens with one attached hydrogen (secondary N) is 2. The number of carbonyl (C=O) groups is 1. The van der Waals surface area contributed by atoms with Gasteiger partial charge in [0.15, 0.2) is 0 Å². The van der Waals surface area contributed by atoms with Gasteiger partial charge in [0.1, 0.15) is 5.75 Å². The van der Waals surface area contributed by atoms with E-state index in [4.69, 9.17) is 4.74 Å². The quantitative estimate of drug-likeness (QED) is 0.813. The predicted molar refractivity (Wildman–Crippen MR) is 87.2 cm³/mol. The summed E-state index contributed by atoms with van der Waals surface area (Å²) >= 11 is 0. The zero-order valence-electron chi connectivity index (χ0n) is 12.6. The van der Waals surface area contributed by atoms with Crippen molar-refractivity contribution in [3.63, 3.8) is 0 Å². The molecule has 1 aromatic carbocycles. The number of hydrogen-bond donors (Lipinski definition) is 2. The van der Waals surface area contributed by atoms with Crippen molar-refractivity contribution in [1.29, 1.82) is 0 Å². The smallest absolute Gasteiger partial charge is 0.223 e. The van der Waals surface area contributed by atoms with Gasteiger partial charge in [-0.05, 0) is 50.4 Å². The van der Waals surface area contributed by atoms with Crippen LogP contribution in [0.1, 0.15) is 31.2 Å². The van der Waals surface area contributed by atoms with E-state index in [1.54, 1.807) is 0 Å². The molecule has 0 aliphatic carbocycles. The zero-order chi connectivity index (χ0) is 14.2. The third-order valence-electron chi connectivity index (χ3n) is 3.56. The van der Waals surface area contributed by atoms with Crippen LogP contribution >= 0.6 is 12.4 Å². The van der Waals surface area contributed by atoms with Crippen molar-refractivity contribution in [2.24, 2.45) is 0 Å². The molecule has 0 spiro atoms. The van der Waals surface area contributed by atoms with E-state index in [0.717, 1.165) is 30.8 Å². The van der Waals surface area contributed by atoms with E-state index >= 15 is 0 Å². The van der Waals surface area contributed by atoms with Crippen molar-refractivity contribution in [2.75, 3.05) is 19.7 Å². The number of hydrogen-bond acceptors (Lipinski definition) is 3. The fraction of sp³-hybridized carbons (Fsp3) is 0.562. The molecular weight excluding hydrogens is 288 g/mol. The standard InChI is InChI=1S/C16H24N2O2.ClH/c1-13-4-2-6-15(12-13)20-11-8-16(19)18-10-7-14-5-3-9-17-14;/h2,4,6,12,14,17H,3,5,7-11H2,1H3,(H,18,19);1H/t14-;/m1./s1. The molecule has 1 heterocycles. The summed E-state index contributed by atoms with van der Waals surface area (Å²) in [6, 6.07) is 8.45. The van der Waals surface area contributed by atoms with Gasteiger partial charge in [0.25, 0.3) is 0 Å². The second kappa shape index (κ2) is 9.64. The molecule has 0 saturated carbocycles. The Hall–Kier alpha value is -1.26. The Labute approximate surface area is 133 Å². The number of amides is 1. The second-order valence-electron chi connectivity index (χ2n) is 5.35. The third-order valence-corrected chi connectivity index (χ3v) is 3.56. The molecule has 1 atom stereocenters. The van der Waals surface area contributed by atoms with Crippen LogP contribution in [0, 0.1) is 6.92 Å². The first-order valence-electron chi connectivity index (χ1n) is 7.43. The van der Waals surface area contributed by atoms with E-state index in [1.165, 1.54) is 12.8 Å². The number of halogens is 1. The van der Waals surface area contributed by atoms with Crippen LogP contribution in [0.3, 0.4) is 0 Å². The largest absolute Gasteiger partial charge is 0.493 e. The van der Waals surface area contributed by atoms with Crippen molar-refractivity contribution < 1.29 is 9.53 Å². The van der Waals surface area contributed by atoms with Crippen molar-refractivity contribution in [1.82, 2.24) is 10.6 Å². The summed E-state index contributed by atoms with van der Waals surface area (Å²) in [5.41, 5.74) is 1.16. The van der Waals surface area contributed by atoms with E-state index in [-0.39, 0.29) is 18.3 Å². The van der Waals surface area contributed by atoms with E-state index in [0.29, 0.717) is 19.1 Å². The Morgan fingerprint density at radius 2 is 2.33 bits per heavy atom. The molecule has 0 aromatic heterocycles. The maximum atomic E-state index is 11.7. The van der Waals surface area contributed by atoms with Gasteiger partial charge in [-0.1, -0.05) is 12.1 Å². The first-order valence-corrected chi connectivity index (χ1v) is 7.43. The maximum Gasteiger partial charge on any atom is 0.223 e. The van der Waals surface area contributed by atoms with Gasteiger partial charge in [-0.15, -0.1) is 12.4 Å². The minimum Gasteiger partial charge on any atom is -0.493 e. The summed E-state index contributed by atoms with van der Waals surface area (Å²) in [5, 5.41) is 6.37. The summed E-state index contributed by atoms with van der Waals surface area (Å²) < 4.78 is 5.56. The molecule has 118 valence electrons. The van der Waals surface area contributed by atoms with Gasteiger partial charge in [0.2, 0.25) is 5.91 Å². The molecule has 2 rings (SSSR count). The van der Waals surface area contributed by atoms with Crippen LogP contribution in [0.4, 0.5) is 0 Å². The van der Waals surface area contributed by atoms with Gasteiger partial charge >= 0.3 is 0 Å². The highest BCUT2D eigenvalue weighted by Crippen LogP contribution is 2.12. The molecule has 1 fully saturated rings. The van der Waals surface area contributed by atoms with Crippen LogP contribution in [-0.4, -0.2) is 31.6 Å². The van der Waals surface area contributed by atoms with Crippen LogP contribution < -0.4 is 15.4 Å². The molecule has 2 N–H and O–H groups in total. The molecule has 0 bridgehead atoms. The second-order valence-corrected chi connectivity index (χ2v) is 5.35. The molecule has 1 aliphatic heterocycles. The Kier molecular flexibility index (Phi) is 8.16. The first-order chi connectivity index (χ1) is 9.74. The molecule has 1 aromatic rings. The Morgan fingerprint density at radius 3 is 3.05 bits per heavy atom. The van der Waals surface area contributed by atoms with Crippen molar-refractivity contribution in [3.8, 4) is 5.75 Å². The zero-order valence-corrected chi connectivity index (χ0v) is 13.4. The molecule has 0 radical (unpaired) electrons. The van der Waals surface area contributed by atoms with Crippen LogP contribution in [0.2, 0.25) is 0 Å². The summed E-state index contributed by atoms with van der Waals surface area (Å²) in [7, 11) is 0. The fourth-order valence-corrected chi connectivity index (χ4v) is 2.44. The Bertz CT molecular complexity index is 434. The lowest BCUT2D eigenvalue weighted by Crippen LogP contribution is -2.31. The number of ether oxygens (including phenoxy) is 1. The van der Waals surface area contributed by atoms with Crippen molar-refractivity contribution >= 4 is 18.3 Å². The lowest BCUT2D eigenvalue weighted by atomic mass is 10.1. The average Bonchev–Trinajstić information content (AvgIpc) is 2.92. The van der Waals surface area contributed by atoms with Gasteiger partial charge in [0, 0.05) is 12.6 Å². The molecule has 0 unspecified atom stereocenters. The highest BCUT2D eigenvalue weighted by molar-refractivity contribution is 5.85. The molecule has 1 amide bonds. The van der Waals surface area contributed by atoms with Crippen LogP contribution in [0.5, 0.6) is 5.75 Å². The highest BCUT2D eigenvalue weighted by atomic mass is 35.5. The van der Waals surface area contributed by atoms with E-state index in [1.807, 2.05) is 31.2 Å². The average molecular weight is 313 g/mol. The summed E-state index contributed by atoms with van der Waals surface area (Å²) in [6.07, 6.45) is 3.91. The van der Waals surface area contributed by atoms with E-state index in [9.17, 15) is 4.79 Å². The third kappa shape index (κ3) is 6.82. The van der Waals surface area contributed by atoms with E-state index in [2.05, 4.69) is 10.6 Å². The van der Waals surface area contributed by atoms with Gasteiger partial charge in [0.05, 0.1) is 13.0 Å². The number of benzene rings is 1. The van der Waals surface area contributed by atoms with Gasteiger partial charge < -0.3 is 15.4 Å². The van der Waals surface area contributed by atoms with Gasteiger partial charge in [-0.25, -0.2) is 0 Å². The van der Waals surface area contributed by atoms with Gasteiger partial charge in [-0.3, -0.25) is 4.79 Å². The number of aryl methyl sites for hydroxylation is 1. The van der Waals surface area contributed by atoms with Gasteiger partial charge in [-0.2, -0.15) is 0 Å². The van der Waals surface area contributed by atoms with Crippen LogP contribution in [0.25, 0.3) is 0 Å². The predicted octanol–water partition coefficient (Wildman–Crippen LogP) is 2.44. The Balaban J connectivity index is 0.00000220. The minimum absolute atomic E-state index is 0. The fourth-order valence-electron chi connectivity index (χ4n) is 2.44. The normalized spacial score (nSPS) is 17.1. The molecular formula is C16H25ClN2O2.